The van der Waals surface area contributed by atoms with Crippen LogP contribution in [-0.2, 0) is 0 Å². The molecule has 49 heavy (non-hydrogen) atoms. The van der Waals surface area contributed by atoms with E-state index in [1.54, 1.807) is 0 Å². The van der Waals surface area contributed by atoms with Gasteiger partial charge >= 0.3 is 0 Å². The summed E-state index contributed by atoms with van der Waals surface area (Å²) in [5.74, 6) is 0. The maximum atomic E-state index is 5.08. The van der Waals surface area contributed by atoms with Crippen molar-refractivity contribution >= 4 is 22.8 Å². The number of aliphatic imine (C=N–C) groups is 2. The van der Waals surface area contributed by atoms with Gasteiger partial charge in [0, 0.05) is 0 Å². The lowest BCUT2D eigenvalue weighted by atomic mass is 10.0. The van der Waals surface area contributed by atoms with E-state index >= 15 is 0 Å². The van der Waals surface area contributed by atoms with E-state index in [2.05, 4.69) is 86.7 Å². The van der Waals surface area contributed by atoms with Crippen molar-refractivity contribution in [2.75, 3.05) is 0 Å². The number of nitrogens with zero attached hydrogens (tertiary/aromatic N) is 2. The maximum Gasteiger partial charge on any atom is 0.0848 e. The van der Waals surface area contributed by atoms with E-state index in [9.17, 15) is 0 Å². The van der Waals surface area contributed by atoms with Crippen molar-refractivity contribution < 1.29 is 0 Å². The minimum absolute atomic E-state index is 0.957. The molecule has 2 rings (SSSR count). The molecule has 2 heteroatoms. The third-order valence-electron chi connectivity index (χ3n) is 9.84. The van der Waals surface area contributed by atoms with Crippen LogP contribution in [0.4, 0.5) is 11.4 Å². The lowest BCUT2D eigenvalue weighted by molar-refractivity contribution is 0.517. The van der Waals surface area contributed by atoms with Crippen LogP contribution in [0.3, 0.4) is 0 Å². The smallest absolute Gasteiger partial charge is 0.0848 e. The molecular weight excluding hydrogens is 593 g/mol. The second kappa shape index (κ2) is 32.7. The van der Waals surface area contributed by atoms with Crippen molar-refractivity contribution in [1.82, 2.24) is 0 Å². The summed E-state index contributed by atoms with van der Waals surface area (Å²) >= 11 is 0. The Bertz CT molecular complexity index is 1070. The number of hydrogen-bond donors (Lipinski definition) is 0. The van der Waals surface area contributed by atoms with E-state index in [1.807, 2.05) is 0 Å². The molecule has 0 aliphatic heterocycles. The summed E-state index contributed by atoms with van der Waals surface area (Å²) in [6, 6.07) is 20.7. The normalized spacial score (nSPS) is 12.4. The van der Waals surface area contributed by atoms with Gasteiger partial charge in [-0.05, 0) is 56.0 Å². The minimum Gasteiger partial charge on any atom is -0.251 e. The second-order valence-electron chi connectivity index (χ2n) is 14.5. The number of para-hydroxylation sites is 2. The highest BCUT2D eigenvalue weighted by molar-refractivity contribution is 6.47. The van der Waals surface area contributed by atoms with Crippen LogP contribution in [0, 0.1) is 0 Å². The van der Waals surface area contributed by atoms with Crippen LogP contribution in [0.2, 0.25) is 0 Å². The summed E-state index contributed by atoms with van der Waals surface area (Å²) in [5.41, 5.74) is 4.11. The Labute approximate surface area is 304 Å². The molecule has 0 saturated heterocycles. The Morgan fingerprint density at radius 3 is 1.16 bits per heavy atom. The summed E-state index contributed by atoms with van der Waals surface area (Å²) in [6.45, 7) is 4.56. The quantitative estimate of drug-likeness (QED) is 0.0534. The largest absolute Gasteiger partial charge is 0.251 e. The maximum absolute atomic E-state index is 5.08. The van der Waals surface area contributed by atoms with Crippen LogP contribution in [0.25, 0.3) is 0 Å². The molecule has 2 nitrogen and oxygen atoms in total. The monoisotopic (exact) mass is 669 g/mol. The topological polar surface area (TPSA) is 24.7 Å². The Kier molecular flexibility index (Phi) is 28.5. The third-order valence-corrected chi connectivity index (χ3v) is 9.84. The van der Waals surface area contributed by atoms with Crippen LogP contribution in [0.15, 0.2) is 82.8 Å². The van der Waals surface area contributed by atoms with E-state index in [1.165, 1.54) is 167 Å². The molecule has 0 aromatic heterocycles. The van der Waals surface area contributed by atoms with Gasteiger partial charge in [0.05, 0.1) is 22.8 Å². The van der Waals surface area contributed by atoms with Crippen molar-refractivity contribution in [2.24, 2.45) is 9.98 Å². The molecular formula is C47H76N2. The molecule has 0 unspecified atom stereocenters. The number of rotatable bonds is 33. The zero-order chi connectivity index (χ0) is 34.7. The van der Waals surface area contributed by atoms with Crippen molar-refractivity contribution in [3.63, 3.8) is 0 Å². The Morgan fingerprint density at radius 1 is 0.408 bits per heavy atom. The van der Waals surface area contributed by atoms with E-state index < -0.39 is 0 Å². The highest BCUT2D eigenvalue weighted by Gasteiger charge is 2.08. The second-order valence-corrected chi connectivity index (χ2v) is 14.5. The first-order valence-electron chi connectivity index (χ1n) is 21.3. The van der Waals surface area contributed by atoms with E-state index in [4.69, 9.17) is 9.98 Å². The predicted molar refractivity (Wildman–Crippen MR) is 221 cm³/mol. The third kappa shape index (κ3) is 25.2. The summed E-state index contributed by atoms with van der Waals surface area (Å²) in [7, 11) is 0. The van der Waals surface area contributed by atoms with Gasteiger partial charge in [0.1, 0.15) is 0 Å². The fourth-order valence-corrected chi connectivity index (χ4v) is 6.70. The lowest BCUT2D eigenvalue weighted by Gasteiger charge is -2.08. The zero-order valence-corrected chi connectivity index (χ0v) is 32.3. The highest BCUT2D eigenvalue weighted by atomic mass is 14.8. The van der Waals surface area contributed by atoms with Crippen molar-refractivity contribution in [1.29, 1.82) is 0 Å². The number of allylic oxidation sites excluding steroid dienone is 2. The molecule has 0 saturated carbocycles. The molecule has 0 heterocycles. The van der Waals surface area contributed by atoms with Gasteiger partial charge in [-0.3, -0.25) is 4.99 Å². The highest BCUT2D eigenvalue weighted by Crippen LogP contribution is 2.19. The van der Waals surface area contributed by atoms with Gasteiger partial charge in [-0.15, -0.1) is 0 Å². The molecule has 0 amide bonds. The molecule has 2 aromatic carbocycles. The predicted octanol–water partition coefficient (Wildman–Crippen LogP) is 16.4. The first-order valence-corrected chi connectivity index (χ1v) is 21.3. The van der Waals surface area contributed by atoms with Gasteiger partial charge in [0.2, 0.25) is 0 Å². The van der Waals surface area contributed by atoms with Gasteiger partial charge in [0.25, 0.3) is 0 Å². The molecule has 0 radical (unpaired) electrons. The van der Waals surface area contributed by atoms with Gasteiger partial charge in [-0.25, -0.2) is 4.99 Å². The van der Waals surface area contributed by atoms with Gasteiger partial charge in [-0.2, -0.15) is 0 Å². The van der Waals surface area contributed by atoms with Crippen molar-refractivity contribution in [3.05, 3.63) is 72.8 Å². The van der Waals surface area contributed by atoms with Crippen molar-refractivity contribution in [3.8, 4) is 0 Å². The van der Waals surface area contributed by atoms with Crippen molar-refractivity contribution in [2.45, 2.75) is 200 Å². The van der Waals surface area contributed by atoms with Crippen LogP contribution in [0.5, 0.6) is 0 Å². The van der Waals surface area contributed by atoms with Gasteiger partial charge < -0.3 is 0 Å². The molecule has 0 spiro atoms. The summed E-state index contributed by atoms with van der Waals surface area (Å²) < 4.78 is 0. The number of hydrogen-bond acceptors (Lipinski definition) is 2. The van der Waals surface area contributed by atoms with Crippen LogP contribution in [0.1, 0.15) is 200 Å². The average molecular weight is 669 g/mol. The Hall–Kier alpha value is -2.48. The molecule has 0 bridgehead atoms. The van der Waals surface area contributed by atoms with Crippen LogP contribution in [-0.4, -0.2) is 11.4 Å². The molecule has 0 aliphatic carbocycles. The average Bonchev–Trinajstić information content (AvgIpc) is 3.13. The standard InChI is InChI=1S/C47H76N2/c1-3-5-7-8-9-10-11-12-13-14-15-16-17-18-19-20-21-22-23-24-25-26-27-28-29-37-43-47(49-45-40-35-31-36-41-45)46(42-32-6-4-2)48-44-38-33-30-34-39-44/h30-31,33-41,43H,3-29,32,42H2,1-2H3/b43-37+,48-46?,49-47?. The number of unbranched alkanes of at least 4 members (excludes halogenated alkanes) is 26. The first-order chi connectivity index (χ1) is 24.3. The van der Waals surface area contributed by atoms with Crippen LogP contribution >= 0.6 is 0 Å². The zero-order valence-electron chi connectivity index (χ0n) is 32.3. The van der Waals surface area contributed by atoms with Gasteiger partial charge in [-0.1, -0.05) is 217 Å². The summed E-state index contributed by atoms with van der Waals surface area (Å²) in [4.78, 5) is 10.1. The molecule has 0 fully saturated rings. The van der Waals surface area contributed by atoms with Crippen LogP contribution < -0.4 is 0 Å². The minimum atomic E-state index is 0.957. The van der Waals surface area contributed by atoms with Gasteiger partial charge in [0.15, 0.2) is 0 Å². The molecule has 0 atom stereocenters. The van der Waals surface area contributed by atoms with E-state index in [0.717, 1.165) is 42.1 Å². The molecule has 274 valence electrons. The fraction of sp³-hybridized carbons (Fsp3) is 0.660. The summed E-state index contributed by atoms with van der Waals surface area (Å²) in [5, 5.41) is 0. The first kappa shape index (κ1) is 42.7. The Balaban J connectivity index is 1.51. The summed E-state index contributed by atoms with van der Waals surface area (Å²) in [6.07, 6.45) is 44.7. The molecule has 0 aliphatic rings. The molecule has 0 N–H and O–H groups in total. The number of benzene rings is 2. The fourth-order valence-electron chi connectivity index (χ4n) is 6.70. The van der Waals surface area contributed by atoms with E-state index in [0.29, 0.717) is 0 Å². The SMILES string of the molecule is CCCCCCCCCCCCCCCCCCCCCCCCCC/C=C/C(=Nc1ccccc1)C(CCCCC)=Nc1ccccc1. The van der Waals surface area contributed by atoms with E-state index in [-0.39, 0.29) is 0 Å². The Morgan fingerprint density at radius 2 is 0.755 bits per heavy atom. The lowest BCUT2D eigenvalue weighted by Crippen LogP contribution is -2.12. The molecule has 2 aromatic rings.